The summed E-state index contributed by atoms with van der Waals surface area (Å²) in [4.78, 5) is 16.9. The fourth-order valence-electron chi connectivity index (χ4n) is 0.613. The van der Waals surface area contributed by atoms with E-state index in [1.165, 1.54) is 6.20 Å². The van der Waals surface area contributed by atoms with Crippen molar-refractivity contribution in [3.63, 3.8) is 0 Å². The molecule has 1 aromatic heterocycles. The molecule has 7 heteroatoms. The van der Waals surface area contributed by atoms with Crippen LogP contribution in [0.2, 0.25) is 0 Å². The summed E-state index contributed by atoms with van der Waals surface area (Å²) < 4.78 is 0. The molecule has 0 saturated carbocycles. The summed E-state index contributed by atoms with van der Waals surface area (Å²) in [5.41, 5.74) is 7.94. The number of azide groups is 1. The van der Waals surface area contributed by atoms with Crippen LogP contribution >= 0.6 is 11.3 Å². The lowest BCUT2D eigenvalue weighted by Gasteiger charge is -1.78. The molecule has 0 amide bonds. The number of carboxylic acid groups (broad SMARTS) is 1. The highest BCUT2D eigenvalue weighted by Crippen LogP contribution is 2.10. The van der Waals surface area contributed by atoms with E-state index in [0.29, 0.717) is 5.01 Å². The van der Waals surface area contributed by atoms with Gasteiger partial charge in [-0.05, 0) is 11.5 Å². The minimum Gasteiger partial charge on any atom is -0.477 e. The van der Waals surface area contributed by atoms with E-state index in [1.807, 2.05) is 0 Å². The number of carboxylic acids is 1. The normalized spacial score (nSPS) is 8.29. The number of nitrogens with zero attached hydrogens (tertiary/aromatic N) is 4. The van der Waals surface area contributed by atoms with Gasteiger partial charge < -0.3 is 5.11 Å². The van der Waals surface area contributed by atoms with E-state index < -0.39 is 5.97 Å². The summed E-state index contributed by atoms with van der Waals surface area (Å²) >= 11 is 0.980. The van der Waals surface area contributed by atoms with Crippen molar-refractivity contribution in [2.45, 2.75) is 0 Å². The number of thiazole rings is 1. The maximum absolute atomic E-state index is 10.4. The smallest absolute Gasteiger partial charge is 0.347 e. The van der Waals surface area contributed by atoms with Crippen molar-refractivity contribution in [3.05, 3.63) is 26.5 Å². The second-order valence-electron chi connectivity index (χ2n) is 2.03. The highest BCUT2D eigenvalue weighted by molar-refractivity contribution is 7.14. The van der Waals surface area contributed by atoms with E-state index in [2.05, 4.69) is 26.9 Å². The molecule has 0 saturated heterocycles. The maximum Gasteiger partial charge on any atom is 0.347 e. The van der Waals surface area contributed by atoms with Crippen LogP contribution in [0.3, 0.4) is 0 Å². The Morgan fingerprint density at radius 1 is 1.86 bits per heavy atom. The van der Waals surface area contributed by atoms with Gasteiger partial charge in [-0.15, -0.1) is 0 Å². The first-order valence-electron chi connectivity index (χ1n) is 3.43. The number of carbonyl (C=O) groups is 1. The van der Waals surface area contributed by atoms with Crippen LogP contribution in [0, 0.1) is 11.8 Å². The Morgan fingerprint density at radius 3 is 3.21 bits per heavy atom. The summed E-state index contributed by atoms with van der Waals surface area (Å²) in [5.74, 6) is 4.10. The SMILES string of the molecule is [N-]=[N+]=NCC#Cc1ncc(C(=O)O)s1. The molecule has 0 aromatic carbocycles. The second-order valence-corrected chi connectivity index (χ2v) is 3.06. The van der Waals surface area contributed by atoms with Crippen molar-refractivity contribution in [1.29, 1.82) is 0 Å². The van der Waals surface area contributed by atoms with Crippen LogP contribution < -0.4 is 0 Å². The highest BCUT2D eigenvalue weighted by atomic mass is 32.1. The van der Waals surface area contributed by atoms with Crippen molar-refractivity contribution in [1.82, 2.24) is 4.98 Å². The number of hydrogen-bond acceptors (Lipinski definition) is 4. The van der Waals surface area contributed by atoms with Crippen LogP contribution in [-0.2, 0) is 0 Å². The topological polar surface area (TPSA) is 99.0 Å². The van der Waals surface area contributed by atoms with E-state index in [0.717, 1.165) is 11.3 Å². The first-order chi connectivity index (χ1) is 6.74. The van der Waals surface area contributed by atoms with E-state index in [4.69, 9.17) is 10.6 Å². The average molecular weight is 208 g/mol. The molecule has 0 aliphatic carbocycles. The molecule has 1 rings (SSSR count). The summed E-state index contributed by atoms with van der Waals surface area (Å²) in [5, 5.41) is 12.2. The minimum atomic E-state index is -1.02. The van der Waals surface area contributed by atoms with Crippen molar-refractivity contribution in [3.8, 4) is 11.8 Å². The molecule has 1 N–H and O–H groups in total. The Morgan fingerprint density at radius 2 is 2.64 bits per heavy atom. The van der Waals surface area contributed by atoms with E-state index >= 15 is 0 Å². The molecule has 0 atom stereocenters. The van der Waals surface area contributed by atoms with Crippen LogP contribution in [0.1, 0.15) is 14.7 Å². The van der Waals surface area contributed by atoms with Crippen molar-refractivity contribution in [2.24, 2.45) is 5.11 Å². The van der Waals surface area contributed by atoms with Gasteiger partial charge in [0.05, 0.1) is 12.7 Å². The monoisotopic (exact) mass is 208 g/mol. The third-order valence-corrected chi connectivity index (χ3v) is 2.03. The van der Waals surface area contributed by atoms with Crippen molar-refractivity contribution >= 4 is 17.3 Å². The number of aromatic carboxylic acids is 1. The zero-order chi connectivity index (χ0) is 10.4. The summed E-state index contributed by atoms with van der Waals surface area (Å²) in [7, 11) is 0. The van der Waals surface area contributed by atoms with E-state index in [-0.39, 0.29) is 11.4 Å². The lowest BCUT2D eigenvalue weighted by atomic mass is 10.5. The summed E-state index contributed by atoms with van der Waals surface area (Å²) in [6.07, 6.45) is 1.24. The van der Waals surface area contributed by atoms with Gasteiger partial charge in [-0.3, -0.25) is 0 Å². The Bertz CT molecular complexity index is 450. The van der Waals surface area contributed by atoms with Gasteiger partial charge in [0.25, 0.3) is 0 Å². The Hall–Kier alpha value is -2.03. The van der Waals surface area contributed by atoms with Gasteiger partial charge in [-0.2, -0.15) is 0 Å². The van der Waals surface area contributed by atoms with E-state index in [1.54, 1.807) is 0 Å². The molecule has 1 aromatic rings. The number of hydrogen-bond donors (Lipinski definition) is 1. The molecule has 0 bridgehead atoms. The third-order valence-electron chi connectivity index (χ3n) is 1.12. The lowest BCUT2D eigenvalue weighted by Crippen LogP contribution is -1.89. The molecule has 0 spiro atoms. The molecule has 14 heavy (non-hydrogen) atoms. The largest absolute Gasteiger partial charge is 0.477 e. The molecule has 6 nitrogen and oxygen atoms in total. The van der Waals surface area contributed by atoms with Gasteiger partial charge in [0, 0.05) is 4.91 Å². The molecule has 0 aliphatic rings. The fourth-order valence-corrected chi connectivity index (χ4v) is 1.24. The standard InChI is InChI=1S/C7H4N4O2S/c8-11-10-3-1-2-6-9-4-5(14-6)7(12)13/h4H,3H2,(H,12,13). The van der Waals surface area contributed by atoms with Crippen molar-refractivity contribution in [2.75, 3.05) is 6.54 Å². The molecule has 1 heterocycles. The average Bonchev–Trinajstić information content (AvgIpc) is 2.61. The summed E-state index contributed by atoms with van der Waals surface area (Å²) in [6.45, 7) is 0.0541. The predicted octanol–water partition coefficient (Wildman–Crippen LogP) is 1.50. The van der Waals surface area contributed by atoms with Gasteiger partial charge in [0.2, 0.25) is 0 Å². The second kappa shape index (κ2) is 4.87. The summed E-state index contributed by atoms with van der Waals surface area (Å²) in [6, 6.07) is 0. The molecule has 0 unspecified atom stereocenters. The van der Waals surface area contributed by atoms with Crippen LogP contribution in [0.25, 0.3) is 10.4 Å². The van der Waals surface area contributed by atoms with Crippen LogP contribution in [0.15, 0.2) is 11.3 Å². The zero-order valence-corrected chi connectivity index (χ0v) is 7.65. The van der Waals surface area contributed by atoms with Crippen molar-refractivity contribution < 1.29 is 9.90 Å². The van der Waals surface area contributed by atoms with Gasteiger partial charge in [0.15, 0.2) is 5.01 Å². The zero-order valence-electron chi connectivity index (χ0n) is 6.84. The molecular formula is C7H4N4O2S. The molecular weight excluding hydrogens is 204 g/mol. The fraction of sp³-hybridized carbons (Fsp3) is 0.143. The van der Waals surface area contributed by atoms with Gasteiger partial charge in [-0.1, -0.05) is 22.4 Å². The van der Waals surface area contributed by atoms with Gasteiger partial charge in [-0.25, -0.2) is 9.78 Å². The predicted molar refractivity (Wildman–Crippen MR) is 50.0 cm³/mol. The van der Waals surface area contributed by atoms with Crippen LogP contribution in [0.4, 0.5) is 0 Å². The first kappa shape index (κ1) is 10.1. The van der Waals surface area contributed by atoms with E-state index in [9.17, 15) is 4.79 Å². The molecule has 0 radical (unpaired) electrons. The maximum atomic E-state index is 10.4. The Labute approximate surface area is 82.8 Å². The van der Waals surface area contributed by atoms with Gasteiger partial charge >= 0.3 is 5.97 Å². The minimum absolute atomic E-state index is 0.0541. The molecule has 0 fully saturated rings. The quantitative estimate of drug-likeness (QED) is 0.345. The van der Waals surface area contributed by atoms with Gasteiger partial charge in [0.1, 0.15) is 4.88 Å². The van der Waals surface area contributed by atoms with Crippen LogP contribution in [0.5, 0.6) is 0 Å². The molecule has 0 aliphatic heterocycles. The Balaban J connectivity index is 2.71. The van der Waals surface area contributed by atoms with Crippen LogP contribution in [-0.4, -0.2) is 22.6 Å². The third kappa shape index (κ3) is 2.79. The number of aromatic nitrogens is 1. The highest BCUT2D eigenvalue weighted by Gasteiger charge is 2.05. The lowest BCUT2D eigenvalue weighted by molar-refractivity contribution is 0.0702. The Kier molecular flexibility index (Phi) is 3.49. The molecule has 70 valence electrons. The first-order valence-corrected chi connectivity index (χ1v) is 4.24. The number of rotatable bonds is 2.